The van der Waals surface area contributed by atoms with E-state index in [1.54, 1.807) is 17.4 Å². The Balaban J connectivity index is 1.63. The first-order valence-corrected chi connectivity index (χ1v) is 9.66. The second-order valence-electron chi connectivity index (χ2n) is 5.42. The summed E-state index contributed by atoms with van der Waals surface area (Å²) >= 11 is 9.27. The minimum Gasteiger partial charge on any atom is -0.423 e. The molecule has 0 saturated carbocycles. The largest absolute Gasteiger partial charge is 0.423 e. The molecule has 0 saturated heterocycles. The molecule has 0 aliphatic rings. The summed E-state index contributed by atoms with van der Waals surface area (Å²) in [5.41, 5.74) is 1.88. The highest BCUT2D eigenvalue weighted by Gasteiger charge is 2.11. The van der Waals surface area contributed by atoms with Crippen molar-refractivity contribution in [1.82, 2.24) is 15.2 Å². The second-order valence-corrected chi connectivity index (χ2v) is 7.72. The van der Waals surface area contributed by atoms with E-state index in [0.29, 0.717) is 21.5 Å². The molecule has 0 aliphatic heterocycles. The van der Waals surface area contributed by atoms with Gasteiger partial charge in [-0.3, -0.25) is 5.10 Å². The maximum atomic E-state index is 11.8. The molecule has 4 rings (SSSR count). The first-order chi connectivity index (χ1) is 12.1. The van der Waals surface area contributed by atoms with Crippen LogP contribution in [-0.4, -0.2) is 15.2 Å². The lowest BCUT2D eigenvalue weighted by Crippen LogP contribution is -2.00. The van der Waals surface area contributed by atoms with Crippen molar-refractivity contribution in [1.29, 1.82) is 0 Å². The minimum atomic E-state index is -0.376. The number of hydrogen-bond acceptors (Lipinski definition) is 6. The van der Waals surface area contributed by atoms with Gasteiger partial charge in [-0.2, -0.15) is 0 Å². The Morgan fingerprint density at radius 1 is 1.36 bits per heavy atom. The molecule has 0 amide bonds. The third kappa shape index (κ3) is 3.35. The summed E-state index contributed by atoms with van der Waals surface area (Å²) in [6.07, 6.45) is 0. The molecule has 0 atom stereocenters. The molecule has 1 N–H and O–H groups in total. The summed E-state index contributed by atoms with van der Waals surface area (Å²) < 4.78 is 5.28. The molecule has 3 aromatic heterocycles. The lowest BCUT2D eigenvalue weighted by molar-refractivity contribution is 0.559. The molecule has 8 heteroatoms. The number of fused-ring (bicyclic) bond motifs is 1. The van der Waals surface area contributed by atoms with Gasteiger partial charge in [-0.25, -0.2) is 9.78 Å². The van der Waals surface area contributed by atoms with Crippen molar-refractivity contribution in [3.63, 3.8) is 0 Å². The van der Waals surface area contributed by atoms with Crippen molar-refractivity contribution in [2.75, 3.05) is 0 Å². The molecule has 3 heterocycles. The molecule has 0 unspecified atom stereocenters. The number of aryl methyl sites for hydroxylation is 1. The molecule has 25 heavy (non-hydrogen) atoms. The van der Waals surface area contributed by atoms with Crippen molar-refractivity contribution in [2.45, 2.75) is 17.8 Å². The molecule has 0 fully saturated rings. The maximum Gasteiger partial charge on any atom is 0.336 e. The van der Waals surface area contributed by atoms with Gasteiger partial charge in [-0.05, 0) is 41.6 Å². The Morgan fingerprint density at radius 2 is 2.24 bits per heavy atom. The summed E-state index contributed by atoms with van der Waals surface area (Å²) in [4.78, 5) is 17.3. The zero-order valence-corrected chi connectivity index (χ0v) is 15.5. The summed E-state index contributed by atoms with van der Waals surface area (Å²) in [6.45, 7) is 1.88. The quantitative estimate of drug-likeness (QED) is 0.397. The summed E-state index contributed by atoms with van der Waals surface area (Å²) in [7, 11) is 0. The highest BCUT2D eigenvalue weighted by Crippen LogP contribution is 2.29. The second kappa shape index (κ2) is 6.67. The van der Waals surface area contributed by atoms with Crippen molar-refractivity contribution < 1.29 is 4.42 Å². The average molecular weight is 390 g/mol. The topological polar surface area (TPSA) is 71.8 Å². The molecule has 0 aliphatic carbocycles. The first-order valence-electron chi connectivity index (χ1n) is 7.42. The van der Waals surface area contributed by atoms with Crippen LogP contribution in [-0.2, 0) is 5.75 Å². The van der Waals surface area contributed by atoms with Crippen LogP contribution in [0, 0.1) is 6.92 Å². The molecular weight excluding hydrogens is 378 g/mol. The van der Waals surface area contributed by atoms with Crippen molar-refractivity contribution in [3.05, 3.63) is 62.3 Å². The zero-order valence-electron chi connectivity index (χ0n) is 13.1. The fraction of sp³-hybridized carbons (Fsp3) is 0.118. The molecule has 126 valence electrons. The number of thiophene rings is 1. The van der Waals surface area contributed by atoms with E-state index in [9.17, 15) is 4.79 Å². The minimum absolute atomic E-state index is 0.376. The van der Waals surface area contributed by atoms with E-state index in [4.69, 9.17) is 16.0 Å². The van der Waals surface area contributed by atoms with Gasteiger partial charge < -0.3 is 4.42 Å². The van der Waals surface area contributed by atoms with E-state index < -0.39 is 0 Å². The number of nitrogens with zero attached hydrogens (tertiary/aromatic N) is 2. The van der Waals surface area contributed by atoms with E-state index in [2.05, 4.69) is 15.2 Å². The van der Waals surface area contributed by atoms with Crippen LogP contribution in [0.5, 0.6) is 0 Å². The van der Waals surface area contributed by atoms with Crippen LogP contribution in [0.4, 0.5) is 0 Å². The number of halogens is 1. The van der Waals surface area contributed by atoms with Crippen LogP contribution >= 0.6 is 34.7 Å². The normalized spacial score (nSPS) is 11.3. The van der Waals surface area contributed by atoms with Gasteiger partial charge in [0.25, 0.3) is 0 Å². The summed E-state index contributed by atoms with van der Waals surface area (Å²) in [5.74, 6) is 1.29. The highest BCUT2D eigenvalue weighted by atomic mass is 35.5. The van der Waals surface area contributed by atoms with Gasteiger partial charge in [-0.1, -0.05) is 29.4 Å². The van der Waals surface area contributed by atoms with Gasteiger partial charge in [0.1, 0.15) is 5.58 Å². The van der Waals surface area contributed by atoms with Crippen LogP contribution in [0.1, 0.15) is 11.1 Å². The van der Waals surface area contributed by atoms with Crippen molar-refractivity contribution >= 4 is 45.7 Å². The van der Waals surface area contributed by atoms with Crippen molar-refractivity contribution in [2.24, 2.45) is 0 Å². The van der Waals surface area contributed by atoms with Crippen LogP contribution in [0.25, 0.3) is 21.7 Å². The smallest absolute Gasteiger partial charge is 0.336 e. The Bertz CT molecular complexity index is 1100. The maximum absolute atomic E-state index is 11.8. The summed E-state index contributed by atoms with van der Waals surface area (Å²) in [5, 5.41) is 11.3. The Hall–Kier alpha value is -2.09. The molecule has 0 bridgehead atoms. The van der Waals surface area contributed by atoms with Gasteiger partial charge in [0.15, 0.2) is 5.82 Å². The number of nitrogens with one attached hydrogen (secondary N) is 1. The predicted molar refractivity (Wildman–Crippen MR) is 101 cm³/mol. The number of thioether (sulfide) groups is 1. The van der Waals surface area contributed by atoms with Gasteiger partial charge in [0, 0.05) is 22.2 Å². The number of H-pyrrole nitrogens is 1. The van der Waals surface area contributed by atoms with E-state index >= 15 is 0 Å². The molecular formula is C17H12ClN3O2S2. The first kappa shape index (κ1) is 16.4. The van der Waals surface area contributed by atoms with E-state index in [0.717, 1.165) is 27.2 Å². The summed E-state index contributed by atoms with van der Waals surface area (Å²) in [6, 6.07) is 9.07. The molecule has 4 aromatic rings. The van der Waals surface area contributed by atoms with Crippen molar-refractivity contribution in [3.8, 4) is 10.7 Å². The highest BCUT2D eigenvalue weighted by molar-refractivity contribution is 7.98. The van der Waals surface area contributed by atoms with E-state index in [-0.39, 0.29) is 5.63 Å². The zero-order chi connectivity index (χ0) is 17.4. The fourth-order valence-corrected chi connectivity index (χ4v) is 4.06. The van der Waals surface area contributed by atoms with Crippen LogP contribution < -0.4 is 5.63 Å². The number of rotatable bonds is 4. The van der Waals surface area contributed by atoms with Crippen LogP contribution in [0.2, 0.25) is 5.02 Å². The Morgan fingerprint density at radius 3 is 3.04 bits per heavy atom. The SMILES string of the molecule is Cc1cc2oc(=O)cc(CSc3n[nH]c(-c4cccs4)n3)c2cc1Cl. The molecule has 0 radical (unpaired) electrons. The molecule has 5 nitrogen and oxygen atoms in total. The van der Waals surface area contributed by atoms with Gasteiger partial charge >= 0.3 is 5.63 Å². The number of hydrogen-bond donors (Lipinski definition) is 1. The Labute approximate surface area is 156 Å². The van der Waals surface area contributed by atoms with Gasteiger partial charge in [0.2, 0.25) is 5.16 Å². The standard InChI is InChI=1S/C17H12ClN3O2S2/c1-9-5-13-11(7-12(9)18)10(6-15(22)23-13)8-25-17-19-16(20-21-17)14-3-2-4-24-14/h2-7H,8H2,1H3,(H,19,20,21). The van der Waals surface area contributed by atoms with E-state index in [1.807, 2.05) is 30.5 Å². The molecule has 0 spiro atoms. The lowest BCUT2D eigenvalue weighted by Gasteiger charge is -2.06. The monoisotopic (exact) mass is 389 g/mol. The van der Waals surface area contributed by atoms with Gasteiger partial charge in [0.05, 0.1) is 4.88 Å². The van der Waals surface area contributed by atoms with E-state index in [1.165, 1.54) is 17.8 Å². The fourth-order valence-electron chi connectivity index (χ4n) is 2.44. The van der Waals surface area contributed by atoms with Gasteiger partial charge in [-0.15, -0.1) is 16.4 Å². The van der Waals surface area contributed by atoms with Crippen LogP contribution in [0.3, 0.4) is 0 Å². The predicted octanol–water partition coefficient (Wildman–Crippen LogP) is 4.89. The van der Waals surface area contributed by atoms with Crippen LogP contribution in [0.15, 0.2) is 50.1 Å². The molecule has 1 aromatic carbocycles. The number of benzene rings is 1. The Kier molecular flexibility index (Phi) is 4.37. The third-order valence-electron chi connectivity index (χ3n) is 3.69. The third-order valence-corrected chi connectivity index (χ3v) is 5.87. The number of aromatic amines is 1. The lowest BCUT2D eigenvalue weighted by atomic mass is 10.1. The number of aromatic nitrogens is 3. The average Bonchev–Trinajstić information content (AvgIpc) is 3.25.